The lowest BCUT2D eigenvalue weighted by Gasteiger charge is -2.14. The van der Waals surface area contributed by atoms with Gasteiger partial charge in [0.05, 0.1) is 6.20 Å². The van der Waals surface area contributed by atoms with Gasteiger partial charge in [0.25, 0.3) is 0 Å². The number of fused-ring (bicyclic) bond motifs is 1. The second-order valence-electron chi connectivity index (χ2n) is 5.90. The summed E-state index contributed by atoms with van der Waals surface area (Å²) in [5.74, 6) is 0.996. The number of nitrogens with one attached hydrogen (secondary N) is 1. The molecule has 0 bridgehead atoms. The van der Waals surface area contributed by atoms with Gasteiger partial charge in [-0.1, -0.05) is 36.8 Å². The van der Waals surface area contributed by atoms with Crippen LogP contribution >= 0.6 is 0 Å². The average molecular weight is 294 g/mol. The van der Waals surface area contributed by atoms with Crippen LogP contribution in [0.15, 0.2) is 36.5 Å². The minimum absolute atomic E-state index is 0.400. The van der Waals surface area contributed by atoms with E-state index in [1.165, 1.54) is 5.56 Å². The van der Waals surface area contributed by atoms with Gasteiger partial charge in [-0.3, -0.25) is 0 Å². The van der Waals surface area contributed by atoms with Crippen LogP contribution in [0.4, 0.5) is 5.82 Å². The number of hydrogen-bond donors (Lipinski definition) is 1. The second kappa shape index (κ2) is 5.79. The molecular formula is C18H22N4. The van der Waals surface area contributed by atoms with Crippen LogP contribution in [0.25, 0.3) is 16.8 Å². The Morgan fingerprint density at radius 3 is 2.59 bits per heavy atom. The van der Waals surface area contributed by atoms with Crippen molar-refractivity contribution in [3.8, 4) is 11.1 Å². The maximum absolute atomic E-state index is 4.69. The Hall–Kier alpha value is -2.36. The van der Waals surface area contributed by atoms with Crippen LogP contribution in [0.2, 0.25) is 0 Å². The summed E-state index contributed by atoms with van der Waals surface area (Å²) in [6.07, 6.45) is 2.96. The second-order valence-corrected chi connectivity index (χ2v) is 5.90. The van der Waals surface area contributed by atoms with E-state index in [2.05, 4.69) is 60.4 Å². The van der Waals surface area contributed by atoms with Crippen molar-refractivity contribution in [2.75, 3.05) is 5.32 Å². The monoisotopic (exact) mass is 294 g/mol. The molecule has 0 aliphatic heterocycles. The van der Waals surface area contributed by atoms with E-state index >= 15 is 0 Å². The normalized spacial score (nSPS) is 12.5. The fraction of sp³-hybridized carbons (Fsp3) is 0.333. The van der Waals surface area contributed by atoms with E-state index in [1.807, 2.05) is 23.7 Å². The van der Waals surface area contributed by atoms with Crippen molar-refractivity contribution in [2.24, 2.45) is 0 Å². The summed E-state index contributed by atoms with van der Waals surface area (Å²) in [6, 6.07) is 10.9. The van der Waals surface area contributed by atoms with Gasteiger partial charge < -0.3 is 5.32 Å². The lowest BCUT2D eigenvalue weighted by molar-refractivity contribution is 0.748. The van der Waals surface area contributed by atoms with E-state index in [4.69, 9.17) is 0 Å². The zero-order valence-electron chi connectivity index (χ0n) is 13.6. The van der Waals surface area contributed by atoms with Gasteiger partial charge in [0.2, 0.25) is 0 Å². The SMILES string of the molecule is CC[C@@H](C)Nc1cc(C)nc2c(-c3ccc(C)cc3)cnn12. The van der Waals surface area contributed by atoms with Crippen molar-refractivity contribution >= 4 is 11.5 Å². The lowest BCUT2D eigenvalue weighted by Crippen LogP contribution is -2.16. The van der Waals surface area contributed by atoms with Crippen LogP contribution in [0, 0.1) is 13.8 Å². The Morgan fingerprint density at radius 1 is 1.18 bits per heavy atom. The van der Waals surface area contributed by atoms with E-state index in [0.717, 1.165) is 34.7 Å². The summed E-state index contributed by atoms with van der Waals surface area (Å²) in [7, 11) is 0. The summed E-state index contributed by atoms with van der Waals surface area (Å²) in [5, 5.41) is 8.05. The first-order valence-electron chi connectivity index (χ1n) is 7.77. The molecule has 0 aliphatic rings. The Bertz CT molecular complexity index is 787. The molecule has 0 amide bonds. The largest absolute Gasteiger partial charge is 0.367 e. The predicted octanol–water partition coefficient (Wildman–Crippen LogP) is 4.22. The molecule has 1 aromatic carbocycles. The fourth-order valence-corrected chi connectivity index (χ4v) is 2.48. The summed E-state index contributed by atoms with van der Waals surface area (Å²) in [5.41, 5.74) is 5.36. The van der Waals surface area contributed by atoms with Crippen molar-refractivity contribution < 1.29 is 0 Å². The summed E-state index contributed by atoms with van der Waals surface area (Å²) in [4.78, 5) is 4.69. The van der Waals surface area contributed by atoms with Gasteiger partial charge in [-0.2, -0.15) is 9.61 Å². The van der Waals surface area contributed by atoms with Gasteiger partial charge >= 0.3 is 0 Å². The van der Waals surface area contributed by atoms with Crippen LogP contribution in [0.3, 0.4) is 0 Å². The van der Waals surface area contributed by atoms with Gasteiger partial charge in [-0.25, -0.2) is 4.98 Å². The first kappa shape index (κ1) is 14.6. The Kier molecular flexibility index (Phi) is 3.84. The van der Waals surface area contributed by atoms with Crippen molar-refractivity contribution in [2.45, 2.75) is 40.2 Å². The molecule has 0 saturated heterocycles. The quantitative estimate of drug-likeness (QED) is 0.783. The molecule has 0 fully saturated rings. The Labute approximate surface area is 131 Å². The number of benzene rings is 1. The van der Waals surface area contributed by atoms with Crippen LogP contribution < -0.4 is 5.32 Å². The van der Waals surface area contributed by atoms with Gasteiger partial charge in [0.1, 0.15) is 5.82 Å². The molecular weight excluding hydrogens is 272 g/mol. The summed E-state index contributed by atoms with van der Waals surface area (Å²) >= 11 is 0. The van der Waals surface area contributed by atoms with Gasteiger partial charge in [0.15, 0.2) is 5.65 Å². The number of rotatable bonds is 4. The van der Waals surface area contributed by atoms with Gasteiger partial charge in [-0.15, -0.1) is 0 Å². The molecule has 2 aromatic heterocycles. The third kappa shape index (κ3) is 2.69. The van der Waals surface area contributed by atoms with E-state index < -0.39 is 0 Å². The molecule has 4 nitrogen and oxygen atoms in total. The van der Waals surface area contributed by atoms with Crippen molar-refractivity contribution in [3.63, 3.8) is 0 Å². The topological polar surface area (TPSA) is 42.2 Å². The van der Waals surface area contributed by atoms with E-state index in [-0.39, 0.29) is 0 Å². The fourth-order valence-electron chi connectivity index (χ4n) is 2.48. The minimum Gasteiger partial charge on any atom is -0.367 e. The zero-order valence-corrected chi connectivity index (χ0v) is 13.6. The molecule has 1 N–H and O–H groups in total. The number of anilines is 1. The lowest BCUT2D eigenvalue weighted by atomic mass is 10.1. The minimum atomic E-state index is 0.400. The van der Waals surface area contributed by atoms with Crippen molar-refractivity contribution in [1.29, 1.82) is 0 Å². The molecule has 0 aliphatic carbocycles. The van der Waals surface area contributed by atoms with Gasteiger partial charge in [-0.05, 0) is 32.8 Å². The highest BCUT2D eigenvalue weighted by molar-refractivity contribution is 5.78. The average Bonchev–Trinajstić information content (AvgIpc) is 2.91. The summed E-state index contributed by atoms with van der Waals surface area (Å²) in [6.45, 7) is 8.46. The molecule has 22 heavy (non-hydrogen) atoms. The van der Waals surface area contributed by atoms with Crippen LogP contribution in [0.1, 0.15) is 31.5 Å². The van der Waals surface area contributed by atoms with Crippen LogP contribution in [-0.4, -0.2) is 20.6 Å². The van der Waals surface area contributed by atoms with E-state index in [1.54, 1.807) is 0 Å². The third-order valence-corrected chi connectivity index (χ3v) is 3.97. The maximum Gasteiger partial charge on any atom is 0.165 e. The number of hydrogen-bond acceptors (Lipinski definition) is 3. The van der Waals surface area contributed by atoms with Crippen molar-refractivity contribution in [3.05, 3.63) is 47.8 Å². The van der Waals surface area contributed by atoms with Crippen LogP contribution in [0.5, 0.6) is 0 Å². The highest BCUT2D eigenvalue weighted by atomic mass is 15.3. The smallest absolute Gasteiger partial charge is 0.165 e. The van der Waals surface area contributed by atoms with Gasteiger partial charge in [0, 0.05) is 23.4 Å². The third-order valence-electron chi connectivity index (χ3n) is 3.97. The molecule has 2 heterocycles. The zero-order chi connectivity index (χ0) is 15.7. The molecule has 3 aromatic rings. The molecule has 0 spiro atoms. The predicted molar refractivity (Wildman–Crippen MR) is 91.3 cm³/mol. The first-order valence-corrected chi connectivity index (χ1v) is 7.77. The Balaban J connectivity index is 2.12. The molecule has 3 rings (SSSR count). The molecule has 0 saturated carbocycles. The molecule has 0 unspecified atom stereocenters. The molecule has 114 valence electrons. The molecule has 4 heteroatoms. The van der Waals surface area contributed by atoms with E-state index in [0.29, 0.717) is 6.04 Å². The number of aromatic nitrogens is 3. The highest BCUT2D eigenvalue weighted by Crippen LogP contribution is 2.26. The van der Waals surface area contributed by atoms with Crippen molar-refractivity contribution in [1.82, 2.24) is 14.6 Å². The first-order chi connectivity index (χ1) is 10.6. The number of nitrogens with zero attached hydrogens (tertiary/aromatic N) is 3. The Morgan fingerprint density at radius 2 is 1.91 bits per heavy atom. The highest BCUT2D eigenvalue weighted by Gasteiger charge is 2.12. The standard InChI is InChI=1S/C18H22N4/c1-5-13(3)20-17-10-14(4)21-18-16(11-19-22(17)18)15-8-6-12(2)7-9-15/h6-11,13,20H,5H2,1-4H3/t13-/m1/s1. The molecule has 0 radical (unpaired) electrons. The van der Waals surface area contributed by atoms with Crippen LogP contribution in [-0.2, 0) is 0 Å². The molecule has 1 atom stereocenters. The summed E-state index contributed by atoms with van der Waals surface area (Å²) < 4.78 is 1.90. The maximum atomic E-state index is 4.69. The van der Waals surface area contributed by atoms with E-state index in [9.17, 15) is 0 Å². The number of aryl methyl sites for hydroxylation is 2.